The first-order chi connectivity index (χ1) is 18.5. The van der Waals surface area contributed by atoms with Gasteiger partial charge in [-0.25, -0.2) is 8.42 Å². The Hall–Kier alpha value is -3.27. The number of nitrogens with one attached hydrogen (secondary N) is 1. The number of carbonyl (C=O) groups is 2. The van der Waals surface area contributed by atoms with E-state index in [-0.39, 0.29) is 24.6 Å². The number of amides is 2. The van der Waals surface area contributed by atoms with Crippen molar-refractivity contribution < 1.29 is 22.7 Å². The lowest BCUT2D eigenvalue weighted by atomic mass is 10.0. The molecule has 208 valence electrons. The van der Waals surface area contributed by atoms with Crippen LogP contribution >= 0.6 is 23.2 Å². The van der Waals surface area contributed by atoms with Crippen molar-refractivity contribution in [3.63, 3.8) is 0 Å². The van der Waals surface area contributed by atoms with Crippen molar-refractivity contribution in [1.82, 2.24) is 10.2 Å². The number of hydrogen-bond donors (Lipinski definition) is 1. The number of rotatable bonds is 12. The van der Waals surface area contributed by atoms with Gasteiger partial charge in [0.25, 0.3) is 0 Å². The van der Waals surface area contributed by atoms with Gasteiger partial charge in [-0.1, -0.05) is 65.7 Å². The molecular formula is C28H31Cl2N3O5S. The number of anilines is 1. The van der Waals surface area contributed by atoms with Gasteiger partial charge >= 0.3 is 0 Å². The molecule has 0 aliphatic carbocycles. The van der Waals surface area contributed by atoms with Crippen LogP contribution < -0.4 is 14.4 Å². The van der Waals surface area contributed by atoms with Crippen LogP contribution in [0.3, 0.4) is 0 Å². The minimum Gasteiger partial charge on any atom is -0.497 e. The van der Waals surface area contributed by atoms with Crippen LogP contribution in [0.25, 0.3) is 0 Å². The van der Waals surface area contributed by atoms with Gasteiger partial charge in [-0.15, -0.1) is 0 Å². The minimum absolute atomic E-state index is 0.109. The number of sulfonamides is 1. The first-order valence-corrected chi connectivity index (χ1v) is 14.8. The maximum Gasteiger partial charge on any atom is 0.244 e. The van der Waals surface area contributed by atoms with Gasteiger partial charge < -0.3 is 15.0 Å². The second kappa shape index (κ2) is 13.7. The van der Waals surface area contributed by atoms with Crippen LogP contribution in [0, 0.1) is 0 Å². The van der Waals surface area contributed by atoms with Crippen molar-refractivity contribution >= 4 is 50.7 Å². The number of carbonyl (C=O) groups excluding carboxylic acids is 2. The van der Waals surface area contributed by atoms with Crippen LogP contribution in [-0.4, -0.2) is 57.6 Å². The first-order valence-electron chi connectivity index (χ1n) is 12.2. The molecule has 1 atom stereocenters. The van der Waals surface area contributed by atoms with Crippen LogP contribution in [0.5, 0.6) is 5.75 Å². The molecule has 0 bridgehead atoms. The number of ether oxygens (including phenoxy) is 1. The molecule has 3 aromatic rings. The monoisotopic (exact) mass is 591 g/mol. The first kappa shape index (κ1) is 30.3. The van der Waals surface area contributed by atoms with Crippen LogP contribution in [0.4, 0.5) is 5.69 Å². The third kappa shape index (κ3) is 8.11. The van der Waals surface area contributed by atoms with E-state index in [1.54, 1.807) is 43.3 Å². The van der Waals surface area contributed by atoms with E-state index in [4.69, 9.17) is 27.9 Å². The number of methoxy groups -OCH3 is 1. The summed E-state index contributed by atoms with van der Waals surface area (Å²) in [7, 11) is -2.44. The lowest BCUT2D eigenvalue weighted by Crippen LogP contribution is -2.53. The Morgan fingerprint density at radius 1 is 0.974 bits per heavy atom. The normalized spacial score (nSPS) is 11.9. The molecule has 2 amide bonds. The highest BCUT2D eigenvalue weighted by molar-refractivity contribution is 7.92. The van der Waals surface area contributed by atoms with Gasteiger partial charge in [-0.3, -0.25) is 13.9 Å². The summed E-state index contributed by atoms with van der Waals surface area (Å²) in [5, 5.41) is 3.44. The minimum atomic E-state index is -3.90. The fourth-order valence-corrected chi connectivity index (χ4v) is 5.44. The fraction of sp³-hybridized carbons (Fsp3) is 0.286. The van der Waals surface area contributed by atoms with Gasteiger partial charge in [-0.2, -0.15) is 0 Å². The summed E-state index contributed by atoms with van der Waals surface area (Å²) >= 11 is 12.9. The Balaban J connectivity index is 2.09. The van der Waals surface area contributed by atoms with E-state index in [0.29, 0.717) is 27.9 Å². The summed E-state index contributed by atoms with van der Waals surface area (Å²) in [4.78, 5) is 28.7. The topological polar surface area (TPSA) is 96.0 Å². The van der Waals surface area contributed by atoms with E-state index in [0.717, 1.165) is 16.1 Å². The van der Waals surface area contributed by atoms with Gasteiger partial charge in [0.05, 0.1) is 19.1 Å². The molecule has 11 heteroatoms. The Labute approximate surface area is 239 Å². The zero-order chi connectivity index (χ0) is 28.6. The molecule has 0 saturated carbocycles. The number of benzene rings is 3. The van der Waals surface area contributed by atoms with E-state index in [1.165, 1.54) is 18.1 Å². The molecule has 0 aromatic heterocycles. The highest BCUT2D eigenvalue weighted by Gasteiger charge is 2.33. The Morgan fingerprint density at radius 3 is 2.21 bits per heavy atom. The van der Waals surface area contributed by atoms with Crippen LogP contribution in [0.2, 0.25) is 10.0 Å². The summed E-state index contributed by atoms with van der Waals surface area (Å²) < 4.78 is 31.9. The van der Waals surface area contributed by atoms with Gasteiger partial charge in [0.2, 0.25) is 21.8 Å². The predicted molar refractivity (Wildman–Crippen MR) is 155 cm³/mol. The summed E-state index contributed by atoms with van der Waals surface area (Å²) in [6, 6.07) is 19.6. The zero-order valence-corrected chi connectivity index (χ0v) is 24.3. The van der Waals surface area contributed by atoms with Crippen molar-refractivity contribution in [2.45, 2.75) is 25.9 Å². The smallest absolute Gasteiger partial charge is 0.244 e. The van der Waals surface area contributed by atoms with Crippen LogP contribution in [0.15, 0.2) is 72.8 Å². The lowest BCUT2D eigenvalue weighted by molar-refractivity contribution is -0.140. The molecule has 8 nitrogen and oxygen atoms in total. The Morgan fingerprint density at radius 2 is 1.62 bits per heavy atom. The second-order valence-electron chi connectivity index (χ2n) is 8.79. The van der Waals surface area contributed by atoms with Crippen molar-refractivity contribution in [2.24, 2.45) is 0 Å². The molecule has 0 heterocycles. The van der Waals surface area contributed by atoms with E-state index >= 15 is 0 Å². The molecular weight excluding hydrogens is 561 g/mol. The molecule has 1 N–H and O–H groups in total. The predicted octanol–water partition coefficient (Wildman–Crippen LogP) is 4.54. The number of likely N-dealkylation sites (N-methyl/N-ethyl adjacent to an activating group) is 1. The molecule has 0 aliphatic rings. The van der Waals surface area contributed by atoms with Gasteiger partial charge in [0, 0.05) is 41.2 Å². The highest BCUT2D eigenvalue weighted by Crippen LogP contribution is 2.28. The van der Waals surface area contributed by atoms with E-state index in [1.807, 2.05) is 30.3 Å². The third-order valence-corrected chi connectivity index (χ3v) is 7.88. The van der Waals surface area contributed by atoms with Crippen molar-refractivity contribution in [1.29, 1.82) is 0 Å². The Kier molecular flexibility index (Phi) is 10.6. The van der Waals surface area contributed by atoms with Gasteiger partial charge in [0.1, 0.15) is 18.3 Å². The van der Waals surface area contributed by atoms with Crippen molar-refractivity contribution in [2.75, 3.05) is 30.8 Å². The van der Waals surface area contributed by atoms with Gasteiger partial charge in [-0.05, 0) is 36.8 Å². The maximum atomic E-state index is 14.0. The van der Waals surface area contributed by atoms with Gasteiger partial charge in [0.15, 0.2) is 0 Å². The van der Waals surface area contributed by atoms with E-state index < -0.39 is 28.5 Å². The SMILES string of the molecule is CCNC(=O)[C@H](Cc1ccccc1)N(Cc1c(Cl)cccc1Cl)C(=O)CN(c1cccc(OC)c1)S(C)(=O)=O. The molecule has 0 aliphatic heterocycles. The quantitative estimate of drug-likeness (QED) is 0.333. The maximum absolute atomic E-state index is 14.0. The highest BCUT2D eigenvalue weighted by atomic mass is 35.5. The average Bonchev–Trinajstić information content (AvgIpc) is 2.90. The summed E-state index contributed by atoms with van der Waals surface area (Å²) in [6.07, 6.45) is 1.21. The molecule has 3 rings (SSSR count). The fourth-order valence-electron chi connectivity index (χ4n) is 4.08. The number of hydrogen-bond acceptors (Lipinski definition) is 5. The lowest BCUT2D eigenvalue weighted by Gasteiger charge is -2.33. The van der Waals surface area contributed by atoms with E-state index in [9.17, 15) is 18.0 Å². The molecule has 0 fully saturated rings. The van der Waals surface area contributed by atoms with E-state index in [2.05, 4.69) is 5.32 Å². The number of halogens is 2. The Bertz CT molecular complexity index is 1380. The second-order valence-corrected chi connectivity index (χ2v) is 11.5. The third-order valence-electron chi connectivity index (χ3n) is 6.03. The molecule has 0 saturated heterocycles. The van der Waals surface area contributed by atoms with Crippen LogP contribution in [0.1, 0.15) is 18.1 Å². The average molecular weight is 593 g/mol. The summed E-state index contributed by atoms with van der Waals surface area (Å²) in [5.41, 5.74) is 1.52. The standard InChI is InChI=1S/C28H31Cl2N3O5S/c1-4-31-28(35)26(16-20-10-6-5-7-11-20)32(18-23-24(29)14-9-15-25(23)30)27(34)19-33(39(3,36)37)21-12-8-13-22(17-21)38-2/h5-15,17,26H,4,16,18-19H2,1-3H3,(H,31,35)/t26-/m0/s1. The summed E-state index contributed by atoms with van der Waals surface area (Å²) in [6.45, 7) is 1.46. The molecule has 0 radical (unpaired) electrons. The van der Waals surface area contributed by atoms with Crippen molar-refractivity contribution in [3.05, 3.63) is 94.0 Å². The summed E-state index contributed by atoms with van der Waals surface area (Å²) in [5.74, 6) is -0.561. The zero-order valence-electron chi connectivity index (χ0n) is 21.9. The number of nitrogens with zero attached hydrogens (tertiary/aromatic N) is 2. The largest absolute Gasteiger partial charge is 0.497 e. The van der Waals surface area contributed by atoms with Crippen molar-refractivity contribution in [3.8, 4) is 5.75 Å². The molecule has 0 spiro atoms. The molecule has 0 unspecified atom stereocenters. The molecule has 39 heavy (non-hydrogen) atoms. The van der Waals surface area contributed by atoms with Crippen LogP contribution in [-0.2, 0) is 32.6 Å². The molecule has 3 aromatic carbocycles.